The van der Waals surface area contributed by atoms with Crippen molar-refractivity contribution in [2.75, 3.05) is 13.1 Å². The van der Waals surface area contributed by atoms with E-state index in [1.165, 1.54) is 0 Å². The van der Waals surface area contributed by atoms with Gasteiger partial charge in [-0.3, -0.25) is 9.78 Å². The van der Waals surface area contributed by atoms with E-state index in [2.05, 4.69) is 10.3 Å². The van der Waals surface area contributed by atoms with Gasteiger partial charge < -0.3 is 10.4 Å². The number of rotatable bonds is 3. The second kappa shape index (κ2) is 4.84. The van der Waals surface area contributed by atoms with Crippen LogP contribution in [0.1, 0.15) is 24.1 Å². The Balaban J connectivity index is 2.24. The number of aromatic nitrogens is 1. The maximum atomic E-state index is 11.5. The molecule has 1 fully saturated rings. The number of nitrogens with zero attached hydrogens (tertiary/aromatic N) is 1. The predicted molar refractivity (Wildman–Crippen MR) is 64.9 cm³/mol. The van der Waals surface area contributed by atoms with Crippen LogP contribution in [-0.2, 0) is 11.2 Å². The van der Waals surface area contributed by atoms with E-state index in [0.717, 1.165) is 24.3 Å². The first kappa shape index (κ1) is 12.0. The van der Waals surface area contributed by atoms with E-state index in [4.69, 9.17) is 0 Å². The average Bonchev–Trinajstić information content (AvgIpc) is 2.33. The topological polar surface area (TPSA) is 62.2 Å². The molecule has 4 nitrogen and oxygen atoms in total. The zero-order valence-corrected chi connectivity index (χ0v) is 10.1. The highest BCUT2D eigenvalue weighted by atomic mass is 16.4. The van der Waals surface area contributed by atoms with E-state index < -0.39 is 11.4 Å². The van der Waals surface area contributed by atoms with Crippen LogP contribution in [0.25, 0.3) is 0 Å². The first-order valence-electron chi connectivity index (χ1n) is 5.99. The molecule has 0 amide bonds. The summed E-state index contributed by atoms with van der Waals surface area (Å²) in [6.45, 7) is 3.54. The van der Waals surface area contributed by atoms with Gasteiger partial charge in [-0.25, -0.2) is 0 Å². The Bertz CT molecular complexity index is 412. The molecule has 92 valence electrons. The van der Waals surface area contributed by atoms with Gasteiger partial charge in [0.2, 0.25) is 0 Å². The third-order valence-electron chi connectivity index (χ3n) is 3.64. The molecule has 0 aliphatic carbocycles. The molecular weight excluding hydrogens is 216 g/mol. The molecule has 1 aromatic rings. The van der Waals surface area contributed by atoms with Crippen LogP contribution in [0.15, 0.2) is 18.3 Å². The van der Waals surface area contributed by atoms with Crippen molar-refractivity contribution in [1.82, 2.24) is 10.3 Å². The van der Waals surface area contributed by atoms with Crippen LogP contribution >= 0.6 is 0 Å². The van der Waals surface area contributed by atoms with Gasteiger partial charge in [-0.1, -0.05) is 6.07 Å². The van der Waals surface area contributed by atoms with Gasteiger partial charge >= 0.3 is 5.97 Å². The predicted octanol–water partition coefficient (Wildman–Crippen LogP) is 1.39. The summed E-state index contributed by atoms with van der Waals surface area (Å²) in [6.07, 6.45) is 3.63. The maximum absolute atomic E-state index is 11.5. The lowest BCUT2D eigenvalue weighted by Crippen LogP contribution is -2.43. The van der Waals surface area contributed by atoms with Crippen molar-refractivity contribution in [2.45, 2.75) is 26.2 Å². The monoisotopic (exact) mass is 234 g/mol. The van der Waals surface area contributed by atoms with E-state index in [-0.39, 0.29) is 0 Å². The minimum absolute atomic E-state index is 0.538. The fourth-order valence-electron chi connectivity index (χ4n) is 2.40. The molecule has 2 heterocycles. The third-order valence-corrected chi connectivity index (χ3v) is 3.64. The van der Waals surface area contributed by atoms with Gasteiger partial charge in [0, 0.05) is 18.3 Å². The molecule has 1 aliphatic heterocycles. The summed E-state index contributed by atoms with van der Waals surface area (Å²) in [4.78, 5) is 15.9. The molecule has 0 unspecified atom stereocenters. The Hall–Kier alpha value is -1.42. The third kappa shape index (κ3) is 2.47. The largest absolute Gasteiger partial charge is 0.481 e. The van der Waals surface area contributed by atoms with Crippen molar-refractivity contribution in [3.05, 3.63) is 29.6 Å². The van der Waals surface area contributed by atoms with Crippen molar-refractivity contribution in [1.29, 1.82) is 0 Å². The van der Waals surface area contributed by atoms with Crippen LogP contribution in [0.5, 0.6) is 0 Å². The highest BCUT2D eigenvalue weighted by molar-refractivity contribution is 5.75. The highest BCUT2D eigenvalue weighted by Crippen LogP contribution is 2.33. The number of hydrogen-bond acceptors (Lipinski definition) is 3. The van der Waals surface area contributed by atoms with Crippen molar-refractivity contribution in [3.63, 3.8) is 0 Å². The Morgan fingerprint density at radius 2 is 2.24 bits per heavy atom. The van der Waals surface area contributed by atoms with Crippen molar-refractivity contribution < 1.29 is 9.90 Å². The van der Waals surface area contributed by atoms with Crippen molar-refractivity contribution in [2.24, 2.45) is 5.41 Å². The van der Waals surface area contributed by atoms with Crippen LogP contribution in [0.4, 0.5) is 0 Å². The minimum Gasteiger partial charge on any atom is -0.481 e. The molecular formula is C13H18N2O2. The van der Waals surface area contributed by atoms with Crippen LogP contribution in [0, 0.1) is 12.3 Å². The second-order valence-electron chi connectivity index (χ2n) is 4.78. The molecule has 1 saturated heterocycles. The molecule has 0 atom stereocenters. The molecule has 17 heavy (non-hydrogen) atoms. The van der Waals surface area contributed by atoms with E-state index >= 15 is 0 Å². The Labute approximate surface area is 101 Å². The minimum atomic E-state index is -0.691. The smallest absolute Gasteiger partial charge is 0.310 e. The lowest BCUT2D eigenvalue weighted by Gasteiger charge is -2.33. The summed E-state index contributed by atoms with van der Waals surface area (Å²) in [7, 11) is 0. The van der Waals surface area contributed by atoms with E-state index in [0.29, 0.717) is 19.3 Å². The van der Waals surface area contributed by atoms with Crippen LogP contribution in [0.2, 0.25) is 0 Å². The van der Waals surface area contributed by atoms with Crippen LogP contribution in [0.3, 0.4) is 0 Å². The molecule has 0 spiro atoms. The lowest BCUT2D eigenvalue weighted by molar-refractivity contribution is -0.150. The normalized spacial score (nSPS) is 18.9. The molecule has 2 N–H and O–H groups in total. The molecule has 0 radical (unpaired) electrons. The van der Waals surface area contributed by atoms with Gasteiger partial charge in [0.05, 0.1) is 5.41 Å². The second-order valence-corrected chi connectivity index (χ2v) is 4.78. The molecule has 1 aromatic heterocycles. The van der Waals surface area contributed by atoms with E-state index in [1.807, 2.05) is 19.1 Å². The quantitative estimate of drug-likeness (QED) is 0.829. The number of carboxylic acid groups (broad SMARTS) is 1. The zero-order valence-electron chi connectivity index (χ0n) is 10.1. The van der Waals surface area contributed by atoms with Crippen molar-refractivity contribution in [3.8, 4) is 0 Å². The number of carbonyl (C=O) groups is 1. The standard InChI is InChI=1S/C13H18N2O2/c1-10-3-2-6-15-11(10)9-13(12(16)17)4-7-14-8-5-13/h2-3,6,14H,4-5,7-9H2,1H3,(H,16,17). The summed E-state index contributed by atoms with van der Waals surface area (Å²) in [5.41, 5.74) is 1.35. The van der Waals surface area contributed by atoms with Crippen LogP contribution < -0.4 is 5.32 Å². The molecule has 0 bridgehead atoms. The maximum Gasteiger partial charge on any atom is 0.310 e. The summed E-state index contributed by atoms with van der Waals surface area (Å²) in [5.74, 6) is -0.691. The van der Waals surface area contributed by atoms with Crippen molar-refractivity contribution >= 4 is 5.97 Å². The fraction of sp³-hybridized carbons (Fsp3) is 0.538. The number of pyridine rings is 1. The first-order valence-corrected chi connectivity index (χ1v) is 5.99. The summed E-state index contributed by atoms with van der Waals surface area (Å²) >= 11 is 0. The Kier molecular flexibility index (Phi) is 3.43. The van der Waals surface area contributed by atoms with E-state index in [1.54, 1.807) is 6.20 Å². The summed E-state index contributed by atoms with van der Waals surface area (Å²) in [6, 6.07) is 3.87. The van der Waals surface area contributed by atoms with Gasteiger partial charge in [-0.05, 0) is 44.5 Å². The number of piperidine rings is 1. The molecule has 1 aliphatic rings. The number of carboxylic acids is 1. The van der Waals surface area contributed by atoms with Gasteiger partial charge in [-0.2, -0.15) is 0 Å². The SMILES string of the molecule is Cc1cccnc1CC1(C(=O)O)CCNCC1. The summed E-state index contributed by atoms with van der Waals surface area (Å²) < 4.78 is 0. The number of nitrogens with one attached hydrogen (secondary N) is 1. The molecule has 0 aromatic carbocycles. The number of aryl methyl sites for hydroxylation is 1. The molecule has 4 heteroatoms. The zero-order chi connectivity index (χ0) is 12.3. The first-order chi connectivity index (χ1) is 8.14. The van der Waals surface area contributed by atoms with Gasteiger partial charge in [0.1, 0.15) is 0 Å². The number of hydrogen-bond donors (Lipinski definition) is 2. The Morgan fingerprint density at radius 1 is 1.53 bits per heavy atom. The Morgan fingerprint density at radius 3 is 2.82 bits per heavy atom. The van der Waals surface area contributed by atoms with E-state index in [9.17, 15) is 9.90 Å². The summed E-state index contributed by atoms with van der Waals surface area (Å²) in [5, 5.41) is 12.7. The van der Waals surface area contributed by atoms with Gasteiger partial charge in [-0.15, -0.1) is 0 Å². The van der Waals surface area contributed by atoms with Gasteiger partial charge in [0.25, 0.3) is 0 Å². The van der Waals surface area contributed by atoms with Gasteiger partial charge in [0.15, 0.2) is 0 Å². The average molecular weight is 234 g/mol. The fourth-order valence-corrected chi connectivity index (χ4v) is 2.40. The highest BCUT2D eigenvalue weighted by Gasteiger charge is 2.40. The van der Waals surface area contributed by atoms with Crippen LogP contribution in [-0.4, -0.2) is 29.1 Å². The molecule has 2 rings (SSSR count). The molecule has 0 saturated carbocycles. The lowest BCUT2D eigenvalue weighted by atomic mass is 9.75. The number of aliphatic carboxylic acids is 1.